The average molecular weight is 205 g/mol. The van der Waals surface area contributed by atoms with Crippen molar-refractivity contribution in [3.05, 3.63) is 41.6 Å². The minimum absolute atomic E-state index is 0.160. The van der Waals surface area contributed by atoms with Gasteiger partial charge < -0.3 is 0 Å². The SMILES string of the molecule is [2H]C1([2H])/C(=C2/C=CC(F)=C[CH+]2)C2CCC1CC2. The van der Waals surface area contributed by atoms with Gasteiger partial charge in [0, 0.05) is 33.1 Å². The highest BCUT2D eigenvalue weighted by atomic mass is 19.1. The largest absolute Gasteiger partial charge is 0.204 e. The molecule has 0 saturated heterocycles. The van der Waals surface area contributed by atoms with Crippen LogP contribution in [0.1, 0.15) is 34.8 Å². The minimum atomic E-state index is -1.20. The van der Waals surface area contributed by atoms with E-state index in [1.807, 2.05) is 0 Å². The van der Waals surface area contributed by atoms with E-state index in [0.29, 0.717) is 5.92 Å². The number of rotatable bonds is 0. The molecule has 15 heavy (non-hydrogen) atoms. The second-order valence-corrected chi connectivity index (χ2v) is 4.61. The lowest BCUT2D eigenvalue weighted by molar-refractivity contribution is 0.238. The van der Waals surface area contributed by atoms with E-state index in [-0.39, 0.29) is 11.7 Å². The molecule has 0 aliphatic heterocycles. The van der Waals surface area contributed by atoms with Crippen molar-refractivity contribution in [2.45, 2.75) is 32.1 Å². The fourth-order valence-corrected chi connectivity index (χ4v) is 2.81. The van der Waals surface area contributed by atoms with E-state index in [4.69, 9.17) is 2.74 Å². The molecule has 0 N–H and O–H groups in total. The first-order chi connectivity index (χ1) is 8.09. The molecule has 0 atom stereocenters. The molecule has 4 rings (SSSR count). The zero-order valence-corrected chi connectivity index (χ0v) is 8.67. The molecule has 0 radical (unpaired) electrons. The van der Waals surface area contributed by atoms with E-state index < -0.39 is 6.37 Å². The van der Waals surface area contributed by atoms with Gasteiger partial charge in [-0.1, -0.05) is 0 Å². The van der Waals surface area contributed by atoms with E-state index >= 15 is 0 Å². The summed E-state index contributed by atoms with van der Waals surface area (Å²) in [7, 11) is 0. The predicted octanol–water partition coefficient (Wildman–Crippen LogP) is 4.12. The quantitative estimate of drug-likeness (QED) is 0.522. The monoisotopic (exact) mass is 205 g/mol. The Kier molecular flexibility index (Phi) is 1.73. The van der Waals surface area contributed by atoms with Crippen LogP contribution in [0, 0.1) is 18.3 Å². The summed E-state index contributed by atoms with van der Waals surface area (Å²) in [6, 6.07) is 0. The predicted molar refractivity (Wildman–Crippen MR) is 59.7 cm³/mol. The average Bonchev–Trinajstić information content (AvgIpc) is 2.31. The van der Waals surface area contributed by atoms with Crippen LogP contribution in [0.3, 0.4) is 0 Å². The number of halogens is 1. The van der Waals surface area contributed by atoms with E-state index in [9.17, 15) is 4.39 Å². The molecule has 0 spiro atoms. The van der Waals surface area contributed by atoms with Crippen LogP contribution in [0.15, 0.2) is 35.2 Å². The van der Waals surface area contributed by atoms with Gasteiger partial charge in [0.05, 0.1) is 17.7 Å². The van der Waals surface area contributed by atoms with Crippen molar-refractivity contribution in [1.82, 2.24) is 0 Å². The minimum Gasteiger partial charge on any atom is -0.147 e. The van der Waals surface area contributed by atoms with Crippen molar-refractivity contribution < 1.29 is 7.13 Å². The van der Waals surface area contributed by atoms with Crippen LogP contribution in [-0.2, 0) is 0 Å². The van der Waals surface area contributed by atoms with Crippen LogP contribution in [0.5, 0.6) is 0 Å². The van der Waals surface area contributed by atoms with Crippen molar-refractivity contribution in [3.63, 3.8) is 0 Å². The molecule has 0 aromatic carbocycles. The van der Waals surface area contributed by atoms with Gasteiger partial charge in [0.1, 0.15) is 0 Å². The number of allylic oxidation sites excluding steroid dienone is 6. The molecular formula is C14H16F+. The van der Waals surface area contributed by atoms with Gasteiger partial charge in [-0.05, 0) is 31.6 Å². The van der Waals surface area contributed by atoms with Crippen LogP contribution < -0.4 is 0 Å². The fraction of sp³-hybridized carbons (Fsp3) is 0.500. The summed E-state index contributed by atoms with van der Waals surface area (Å²) in [6.45, 7) is 0. The molecule has 2 bridgehead atoms. The van der Waals surface area contributed by atoms with Gasteiger partial charge in [-0.15, -0.1) is 4.39 Å². The first-order valence-electron chi connectivity index (χ1n) is 6.72. The normalized spacial score (nSPS) is 44.2. The van der Waals surface area contributed by atoms with Crippen LogP contribution >= 0.6 is 0 Å². The molecule has 3 saturated carbocycles. The van der Waals surface area contributed by atoms with Crippen LogP contribution in [0.4, 0.5) is 4.39 Å². The number of hydrogen-bond donors (Lipinski definition) is 0. The Morgan fingerprint density at radius 1 is 1.27 bits per heavy atom. The molecule has 1 heteroatoms. The summed E-state index contributed by atoms with van der Waals surface area (Å²) in [5.41, 5.74) is 1.81. The zero-order chi connectivity index (χ0) is 12.0. The van der Waals surface area contributed by atoms with Crippen LogP contribution in [0.2, 0.25) is 0 Å². The van der Waals surface area contributed by atoms with E-state index in [1.165, 1.54) is 12.2 Å². The molecule has 0 aromatic heterocycles. The Morgan fingerprint density at radius 3 is 2.67 bits per heavy atom. The van der Waals surface area contributed by atoms with Gasteiger partial charge >= 0.3 is 0 Å². The second-order valence-electron chi connectivity index (χ2n) is 4.61. The first-order valence-corrected chi connectivity index (χ1v) is 5.72. The summed E-state index contributed by atoms with van der Waals surface area (Å²) < 4.78 is 29.5. The van der Waals surface area contributed by atoms with Gasteiger partial charge in [0.2, 0.25) is 5.83 Å². The maximum Gasteiger partial charge on any atom is 0.204 e. The molecule has 4 aliphatic rings. The number of hydrogen-bond acceptors (Lipinski definition) is 0. The molecular weight excluding hydrogens is 187 g/mol. The third-order valence-electron chi connectivity index (χ3n) is 3.65. The second kappa shape index (κ2) is 3.55. The van der Waals surface area contributed by atoms with Gasteiger partial charge in [0.25, 0.3) is 0 Å². The Bertz CT molecular complexity index is 424. The molecule has 4 aliphatic carbocycles. The highest BCUT2D eigenvalue weighted by Gasteiger charge is 2.35. The van der Waals surface area contributed by atoms with Crippen LogP contribution in [0.25, 0.3) is 0 Å². The van der Waals surface area contributed by atoms with Crippen LogP contribution in [-0.4, -0.2) is 0 Å². The Hall–Kier alpha value is -0.980. The highest BCUT2D eigenvalue weighted by Crippen LogP contribution is 2.46. The van der Waals surface area contributed by atoms with Gasteiger partial charge in [-0.25, -0.2) is 0 Å². The lowest BCUT2D eigenvalue weighted by atomic mass is 9.66. The molecule has 0 heterocycles. The summed E-state index contributed by atoms with van der Waals surface area (Å²) in [5, 5.41) is 0. The molecule has 78 valence electrons. The standard InChI is InChI=1S/C14H16F/c15-13-7-5-12(6-8-13)14-9-10-1-3-11(14)4-2-10/h5-8,10-11H,1-4,9H2/q+1/i9D2. The van der Waals surface area contributed by atoms with Gasteiger partial charge in [-0.3, -0.25) is 0 Å². The molecule has 0 nitrogen and oxygen atoms in total. The third-order valence-corrected chi connectivity index (χ3v) is 3.65. The Morgan fingerprint density at radius 2 is 2.07 bits per heavy atom. The summed E-state index contributed by atoms with van der Waals surface area (Å²) in [5.74, 6) is 0.267. The topological polar surface area (TPSA) is 0 Å². The lowest BCUT2D eigenvalue weighted by Crippen LogP contribution is -2.25. The maximum atomic E-state index is 12.9. The van der Waals surface area contributed by atoms with Gasteiger partial charge in [0.15, 0.2) is 0 Å². The Balaban J connectivity index is 2.02. The van der Waals surface area contributed by atoms with E-state index in [0.717, 1.165) is 36.8 Å². The fourth-order valence-electron chi connectivity index (χ4n) is 2.81. The summed E-state index contributed by atoms with van der Waals surface area (Å²) >= 11 is 0. The van der Waals surface area contributed by atoms with Crippen molar-refractivity contribution in [2.24, 2.45) is 11.8 Å². The van der Waals surface area contributed by atoms with Crippen molar-refractivity contribution in [3.8, 4) is 0 Å². The van der Waals surface area contributed by atoms with Gasteiger partial charge in [-0.2, -0.15) is 0 Å². The molecule has 0 unspecified atom stereocenters. The van der Waals surface area contributed by atoms with E-state index in [1.54, 1.807) is 12.5 Å². The summed E-state index contributed by atoms with van der Waals surface area (Å²) in [6.07, 6.45) is 9.31. The highest BCUT2D eigenvalue weighted by molar-refractivity contribution is 5.45. The molecule has 0 amide bonds. The van der Waals surface area contributed by atoms with Crippen molar-refractivity contribution in [1.29, 1.82) is 0 Å². The lowest BCUT2D eigenvalue weighted by Gasteiger charge is -2.36. The molecule has 3 fully saturated rings. The van der Waals surface area contributed by atoms with Crippen molar-refractivity contribution >= 4 is 0 Å². The first kappa shape index (κ1) is 7.32. The zero-order valence-electron chi connectivity index (χ0n) is 10.7. The molecule has 0 aromatic rings. The Labute approximate surface area is 93.4 Å². The third kappa shape index (κ3) is 1.64. The van der Waals surface area contributed by atoms with Crippen molar-refractivity contribution in [2.75, 3.05) is 0 Å². The summed E-state index contributed by atoms with van der Waals surface area (Å²) in [4.78, 5) is 0. The maximum absolute atomic E-state index is 12.9. The van der Waals surface area contributed by atoms with E-state index in [2.05, 4.69) is 0 Å². The number of fused-ring (bicyclic) bond motifs is 3. The smallest absolute Gasteiger partial charge is 0.147 e.